The van der Waals surface area contributed by atoms with E-state index in [4.69, 9.17) is 4.74 Å². The minimum absolute atomic E-state index is 0.208. The number of morpholine rings is 1. The van der Waals surface area contributed by atoms with E-state index in [1.54, 1.807) is 19.3 Å². The van der Waals surface area contributed by atoms with Gasteiger partial charge in [-0.1, -0.05) is 18.2 Å². The molecule has 1 atom stereocenters. The second-order valence-corrected chi connectivity index (χ2v) is 6.59. The summed E-state index contributed by atoms with van der Waals surface area (Å²) in [5.74, 6) is 0.227. The first-order chi connectivity index (χ1) is 14.1. The molecule has 9 heteroatoms. The van der Waals surface area contributed by atoms with E-state index in [1.807, 2.05) is 35.2 Å². The Kier molecular flexibility index (Phi) is 5.30. The normalized spacial score (nSPS) is 16.4. The van der Waals surface area contributed by atoms with Gasteiger partial charge < -0.3 is 15.0 Å². The lowest BCUT2D eigenvalue weighted by molar-refractivity contribution is -0.128. The van der Waals surface area contributed by atoms with E-state index in [9.17, 15) is 9.59 Å². The molecular formula is C20H20N6O3. The molecule has 4 rings (SSSR count). The van der Waals surface area contributed by atoms with Gasteiger partial charge in [0.2, 0.25) is 5.95 Å². The van der Waals surface area contributed by atoms with Gasteiger partial charge in [-0.2, -0.15) is 0 Å². The highest BCUT2D eigenvalue weighted by molar-refractivity contribution is 5.94. The maximum atomic E-state index is 12.6. The highest BCUT2D eigenvalue weighted by atomic mass is 16.5. The molecule has 148 valence electrons. The number of ether oxygens (including phenoxy) is 1. The molecule has 1 aliphatic heterocycles. The number of anilines is 2. The quantitative estimate of drug-likeness (QED) is 0.709. The summed E-state index contributed by atoms with van der Waals surface area (Å²) in [5.41, 5.74) is 1.52. The summed E-state index contributed by atoms with van der Waals surface area (Å²) in [6, 6.07) is 12.3. The molecule has 1 aliphatic rings. The van der Waals surface area contributed by atoms with Crippen molar-refractivity contribution in [2.75, 3.05) is 29.9 Å². The molecule has 0 saturated carbocycles. The van der Waals surface area contributed by atoms with Gasteiger partial charge >= 0.3 is 0 Å². The zero-order valence-corrected chi connectivity index (χ0v) is 15.9. The SMILES string of the molecule is Cn1c(N2CCOC(C(=O)Nc3ccccc3)C2)nc(-c2ccncn2)cc1=O. The molecular weight excluding hydrogens is 372 g/mol. The fraction of sp³-hybridized carbons (Fsp3) is 0.250. The van der Waals surface area contributed by atoms with Crippen LogP contribution >= 0.6 is 0 Å². The Labute approximate surface area is 167 Å². The third-order valence-electron chi connectivity index (χ3n) is 4.64. The molecule has 1 aromatic carbocycles. The second kappa shape index (κ2) is 8.19. The van der Waals surface area contributed by atoms with Crippen LogP contribution in [0.15, 0.2) is 59.8 Å². The van der Waals surface area contributed by atoms with Crippen molar-refractivity contribution in [2.45, 2.75) is 6.10 Å². The van der Waals surface area contributed by atoms with Crippen LogP contribution in [0.4, 0.5) is 11.6 Å². The van der Waals surface area contributed by atoms with Gasteiger partial charge in [0.05, 0.1) is 24.5 Å². The number of carbonyl (C=O) groups is 1. The Hall–Kier alpha value is -3.59. The molecule has 1 N–H and O–H groups in total. The van der Waals surface area contributed by atoms with Gasteiger partial charge in [-0.25, -0.2) is 15.0 Å². The first-order valence-corrected chi connectivity index (χ1v) is 9.19. The fourth-order valence-corrected chi connectivity index (χ4v) is 3.12. The molecule has 1 saturated heterocycles. The van der Waals surface area contributed by atoms with E-state index < -0.39 is 6.10 Å². The maximum absolute atomic E-state index is 12.6. The van der Waals surface area contributed by atoms with Crippen molar-refractivity contribution >= 4 is 17.5 Å². The lowest BCUT2D eigenvalue weighted by Crippen LogP contribution is -2.49. The number of para-hydroxylation sites is 1. The summed E-state index contributed by atoms with van der Waals surface area (Å²) >= 11 is 0. The molecule has 2 aromatic heterocycles. The molecule has 3 heterocycles. The summed E-state index contributed by atoms with van der Waals surface area (Å²) in [6.45, 7) is 1.15. The van der Waals surface area contributed by atoms with Gasteiger partial charge in [-0.05, 0) is 18.2 Å². The topological polar surface area (TPSA) is 102 Å². The van der Waals surface area contributed by atoms with Crippen LogP contribution in [-0.4, -0.2) is 51.2 Å². The number of hydrogen-bond donors (Lipinski definition) is 1. The van der Waals surface area contributed by atoms with E-state index in [0.29, 0.717) is 36.2 Å². The van der Waals surface area contributed by atoms with Crippen molar-refractivity contribution in [2.24, 2.45) is 7.05 Å². The van der Waals surface area contributed by atoms with Gasteiger partial charge in [-0.15, -0.1) is 0 Å². The molecule has 3 aromatic rings. The van der Waals surface area contributed by atoms with E-state index in [2.05, 4.69) is 20.3 Å². The smallest absolute Gasteiger partial charge is 0.255 e. The first-order valence-electron chi connectivity index (χ1n) is 9.19. The number of nitrogens with one attached hydrogen (secondary N) is 1. The average Bonchev–Trinajstić information content (AvgIpc) is 2.77. The monoisotopic (exact) mass is 392 g/mol. The van der Waals surface area contributed by atoms with Crippen molar-refractivity contribution in [1.82, 2.24) is 19.5 Å². The van der Waals surface area contributed by atoms with E-state index in [0.717, 1.165) is 0 Å². The van der Waals surface area contributed by atoms with Gasteiger partial charge in [0.25, 0.3) is 11.5 Å². The number of amides is 1. The first kappa shape index (κ1) is 18.8. The van der Waals surface area contributed by atoms with E-state index in [1.165, 1.54) is 17.0 Å². The lowest BCUT2D eigenvalue weighted by Gasteiger charge is -2.33. The third-order valence-corrected chi connectivity index (χ3v) is 4.64. The van der Waals surface area contributed by atoms with E-state index >= 15 is 0 Å². The largest absolute Gasteiger partial charge is 0.365 e. The van der Waals surface area contributed by atoms with E-state index in [-0.39, 0.29) is 18.0 Å². The van der Waals surface area contributed by atoms with Crippen molar-refractivity contribution in [3.63, 3.8) is 0 Å². The Morgan fingerprint density at radius 2 is 2.03 bits per heavy atom. The number of aromatic nitrogens is 4. The Morgan fingerprint density at radius 1 is 1.21 bits per heavy atom. The van der Waals surface area contributed by atoms with Crippen LogP contribution in [0.3, 0.4) is 0 Å². The molecule has 29 heavy (non-hydrogen) atoms. The fourth-order valence-electron chi connectivity index (χ4n) is 3.12. The number of rotatable bonds is 4. The summed E-state index contributed by atoms with van der Waals surface area (Å²) in [7, 11) is 1.66. The molecule has 0 radical (unpaired) electrons. The van der Waals surface area contributed by atoms with Gasteiger partial charge in [0, 0.05) is 31.5 Å². The number of hydrogen-bond acceptors (Lipinski definition) is 7. The predicted molar refractivity (Wildman–Crippen MR) is 108 cm³/mol. The summed E-state index contributed by atoms with van der Waals surface area (Å²) in [4.78, 5) is 39.6. The highest BCUT2D eigenvalue weighted by Crippen LogP contribution is 2.19. The minimum Gasteiger partial charge on any atom is -0.365 e. The van der Waals surface area contributed by atoms with Crippen LogP contribution < -0.4 is 15.8 Å². The Morgan fingerprint density at radius 3 is 2.79 bits per heavy atom. The number of nitrogens with zero attached hydrogens (tertiary/aromatic N) is 5. The summed E-state index contributed by atoms with van der Waals surface area (Å²) < 4.78 is 7.12. The molecule has 1 amide bonds. The zero-order chi connectivity index (χ0) is 20.2. The van der Waals surface area contributed by atoms with Gasteiger partial charge in [0.15, 0.2) is 6.10 Å². The lowest BCUT2D eigenvalue weighted by atomic mass is 10.2. The number of carbonyl (C=O) groups excluding carboxylic acids is 1. The highest BCUT2D eigenvalue weighted by Gasteiger charge is 2.29. The molecule has 0 aliphatic carbocycles. The van der Waals surface area contributed by atoms with Crippen LogP contribution in [0.1, 0.15) is 0 Å². The average molecular weight is 392 g/mol. The standard InChI is InChI=1S/C20H20N6O3/c1-25-18(27)11-16(15-7-8-21-13-22-15)24-20(25)26-9-10-29-17(12-26)19(28)23-14-5-3-2-4-6-14/h2-8,11,13,17H,9-10,12H2,1H3,(H,23,28). The summed E-state index contributed by atoms with van der Waals surface area (Å²) in [5, 5.41) is 2.85. The molecule has 1 unspecified atom stereocenters. The summed E-state index contributed by atoms with van der Waals surface area (Å²) in [6.07, 6.45) is 2.33. The maximum Gasteiger partial charge on any atom is 0.255 e. The van der Waals surface area contributed by atoms with Crippen LogP contribution in [0.2, 0.25) is 0 Å². The van der Waals surface area contributed by atoms with Crippen molar-refractivity contribution in [3.8, 4) is 11.4 Å². The second-order valence-electron chi connectivity index (χ2n) is 6.59. The minimum atomic E-state index is -0.677. The van der Waals surface area contributed by atoms with Crippen LogP contribution in [0.25, 0.3) is 11.4 Å². The molecule has 1 fully saturated rings. The zero-order valence-electron chi connectivity index (χ0n) is 15.9. The van der Waals surface area contributed by atoms with Crippen LogP contribution in [0.5, 0.6) is 0 Å². The Bertz CT molecular complexity index is 1050. The van der Waals surface area contributed by atoms with Crippen LogP contribution in [0, 0.1) is 0 Å². The third kappa shape index (κ3) is 4.14. The van der Waals surface area contributed by atoms with Crippen molar-refractivity contribution in [3.05, 3.63) is 65.3 Å². The molecule has 0 spiro atoms. The number of benzene rings is 1. The van der Waals surface area contributed by atoms with Crippen molar-refractivity contribution in [1.29, 1.82) is 0 Å². The van der Waals surface area contributed by atoms with Crippen molar-refractivity contribution < 1.29 is 9.53 Å². The van der Waals surface area contributed by atoms with Crippen LogP contribution in [-0.2, 0) is 16.6 Å². The van der Waals surface area contributed by atoms with Gasteiger partial charge in [0.1, 0.15) is 6.33 Å². The molecule has 0 bridgehead atoms. The Balaban J connectivity index is 1.57. The van der Waals surface area contributed by atoms with Gasteiger partial charge in [-0.3, -0.25) is 14.2 Å². The predicted octanol–water partition coefficient (Wildman–Crippen LogP) is 1.08. The molecule has 9 nitrogen and oxygen atoms in total.